The largest absolute Gasteiger partial charge is 0.319 e. The summed E-state index contributed by atoms with van der Waals surface area (Å²) in [5.41, 5.74) is 3.81. The molecule has 1 aromatic carbocycles. The monoisotopic (exact) mass is 290 g/mol. The van der Waals surface area contributed by atoms with Crippen molar-refractivity contribution in [3.8, 4) is 0 Å². The second-order valence-electron chi connectivity index (χ2n) is 4.36. The molecule has 0 aliphatic rings. The number of H-pyrrole nitrogens is 1. The molecule has 1 aromatic heterocycles. The summed E-state index contributed by atoms with van der Waals surface area (Å²) < 4.78 is 0. The van der Waals surface area contributed by atoms with E-state index in [0.717, 1.165) is 0 Å². The average molecular weight is 290 g/mol. The summed E-state index contributed by atoms with van der Waals surface area (Å²) in [6.07, 6.45) is 0. The third-order valence-corrected chi connectivity index (χ3v) is 2.99. The summed E-state index contributed by atoms with van der Waals surface area (Å²) in [4.78, 5) is 22.6. The van der Waals surface area contributed by atoms with Crippen LogP contribution in [-0.4, -0.2) is 21.0 Å². The maximum absolute atomic E-state index is 12.3. The molecule has 2 aromatic rings. The molecule has 0 fully saturated rings. The fourth-order valence-corrected chi connectivity index (χ4v) is 1.95. The Kier molecular flexibility index (Phi) is 3.85. The molecular formula is C12H14N6O3. The maximum atomic E-state index is 12.3. The summed E-state index contributed by atoms with van der Waals surface area (Å²) in [6.45, 7) is 3.49. The van der Waals surface area contributed by atoms with Crippen LogP contribution >= 0.6 is 0 Å². The van der Waals surface area contributed by atoms with Crippen LogP contribution in [0, 0.1) is 24.0 Å². The molecule has 9 heteroatoms. The Hall–Kier alpha value is -2.94. The van der Waals surface area contributed by atoms with Crippen LogP contribution < -0.4 is 16.6 Å². The van der Waals surface area contributed by atoms with Crippen molar-refractivity contribution in [3.05, 3.63) is 45.3 Å². The molecule has 21 heavy (non-hydrogen) atoms. The quantitative estimate of drug-likeness (QED) is 0.382. The fraction of sp³-hybridized carbons (Fsp3) is 0.167. The van der Waals surface area contributed by atoms with E-state index in [1.54, 1.807) is 13.8 Å². The second kappa shape index (κ2) is 5.59. The van der Waals surface area contributed by atoms with E-state index in [4.69, 9.17) is 5.84 Å². The Morgan fingerprint density at radius 1 is 1.38 bits per heavy atom. The van der Waals surface area contributed by atoms with Crippen LogP contribution in [0.2, 0.25) is 0 Å². The Bertz CT molecular complexity index is 690. The van der Waals surface area contributed by atoms with E-state index in [9.17, 15) is 14.9 Å². The Balaban J connectivity index is 2.40. The van der Waals surface area contributed by atoms with Gasteiger partial charge in [-0.2, -0.15) is 5.10 Å². The highest BCUT2D eigenvalue weighted by Crippen LogP contribution is 2.28. The summed E-state index contributed by atoms with van der Waals surface area (Å²) in [7, 11) is 0. The number of hydrogen-bond acceptors (Lipinski definition) is 6. The molecule has 5 N–H and O–H groups in total. The molecule has 0 aliphatic carbocycles. The standard InChI is InChI=1S/C12H14N6O3/c1-6-10(7(2)17-16-6)14-12(19)8-4-3-5-9(18(20)21)11(8)15-13/h3-5,15H,13H2,1-2H3,(H,14,19)(H,16,17). The number of carbonyl (C=O) groups is 1. The molecule has 2 rings (SSSR count). The SMILES string of the molecule is Cc1n[nH]c(C)c1NC(=O)c1cccc([N+](=O)[O-])c1NN. The van der Waals surface area contributed by atoms with Crippen molar-refractivity contribution in [3.63, 3.8) is 0 Å². The molecule has 1 amide bonds. The van der Waals surface area contributed by atoms with Gasteiger partial charge in [-0.05, 0) is 19.9 Å². The van der Waals surface area contributed by atoms with Gasteiger partial charge < -0.3 is 10.7 Å². The molecule has 0 aliphatic heterocycles. The molecule has 0 bridgehead atoms. The van der Waals surface area contributed by atoms with E-state index in [2.05, 4.69) is 20.9 Å². The highest BCUT2D eigenvalue weighted by molar-refractivity contribution is 6.09. The smallest absolute Gasteiger partial charge is 0.294 e. The first-order valence-electron chi connectivity index (χ1n) is 6.02. The number of hydrogen-bond donors (Lipinski definition) is 4. The lowest BCUT2D eigenvalue weighted by Crippen LogP contribution is -2.19. The first-order chi connectivity index (χ1) is 9.95. The highest BCUT2D eigenvalue weighted by Gasteiger charge is 2.22. The fourth-order valence-electron chi connectivity index (χ4n) is 1.95. The van der Waals surface area contributed by atoms with Gasteiger partial charge in [0.15, 0.2) is 0 Å². The molecule has 0 unspecified atom stereocenters. The first kappa shape index (κ1) is 14.5. The van der Waals surface area contributed by atoms with Gasteiger partial charge in [-0.15, -0.1) is 0 Å². The van der Waals surface area contributed by atoms with E-state index < -0.39 is 10.8 Å². The third kappa shape index (κ3) is 2.67. The van der Waals surface area contributed by atoms with Crippen molar-refractivity contribution >= 4 is 23.0 Å². The highest BCUT2D eigenvalue weighted by atomic mass is 16.6. The van der Waals surface area contributed by atoms with E-state index >= 15 is 0 Å². The van der Waals surface area contributed by atoms with Crippen LogP contribution in [0.25, 0.3) is 0 Å². The van der Waals surface area contributed by atoms with E-state index in [1.165, 1.54) is 18.2 Å². The second-order valence-corrected chi connectivity index (χ2v) is 4.36. The van der Waals surface area contributed by atoms with Crippen LogP contribution in [0.15, 0.2) is 18.2 Å². The third-order valence-electron chi connectivity index (χ3n) is 2.99. The number of amides is 1. The molecular weight excluding hydrogens is 276 g/mol. The number of nitro benzene ring substituents is 1. The lowest BCUT2D eigenvalue weighted by molar-refractivity contribution is -0.384. The number of hydrazine groups is 1. The van der Waals surface area contributed by atoms with Crippen molar-refractivity contribution < 1.29 is 9.72 Å². The Labute approximate surface area is 119 Å². The number of benzene rings is 1. The number of aromatic amines is 1. The topological polar surface area (TPSA) is 139 Å². The molecule has 110 valence electrons. The van der Waals surface area contributed by atoms with Gasteiger partial charge in [-0.3, -0.25) is 25.9 Å². The number of nitro groups is 1. The number of anilines is 2. The minimum atomic E-state index is -0.611. The lowest BCUT2D eigenvalue weighted by atomic mass is 10.1. The molecule has 0 spiro atoms. The molecule has 0 radical (unpaired) electrons. The van der Waals surface area contributed by atoms with Gasteiger partial charge in [0.05, 0.1) is 27.6 Å². The summed E-state index contributed by atoms with van der Waals surface area (Å²) in [5, 5.41) is 20.3. The van der Waals surface area contributed by atoms with Crippen molar-refractivity contribution in [2.45, 2.75) is 13.8 Å². The van der Waals surface area contributed by atoms with E-state index in [-0.39, 0.29) is 16.9 Å². The van der Waals surface area contributed by atoms with Crippen LogP contribution in [0.5, 0.6) is 0 Å². The number of para-hydroxylation sites is 1. The van der Waals surface area contributed by atoms with Gasteiger partial charge in [0, 0.05) is 6.07 Å². The molecule has 0 saturated heterocycles. The van der Waals surface area contributed by atoms with Gasteiger partial charge in [-0.25, -0.2) is 0 Å². The summed E-state index contributed by atoms with van der Waals surface area (Å²) in [6, 6.07) is 4.13. The zero-order valence-electron chi connectivity index (χ0n) is 11.4. The number of rotatable bonds is 4. The van der Waals surface area contributed by atoms with Crippen molar-refractivity contribution in [1.29, 1.82) is 0 Å². The van der Waals surface area contributed by atoms with Gasteiger partial charge >= 0.3 is 0 Å². The predicted octanol–water partition coefficient (Wildman–Crippen LogP) is 1.47. The van der Waals surface area contributed by atoms with Gasteiger partial charge in [0.25, 0.3) is 11.6 Å². The predicted molar refractivity (Wildman–Crippen MR) is 76.9 cm³/mol. The van der Waals surface area contributed by atoms with Gasteiger partial charge in [0.1, 0.15) is 5.69 Å². The van der Waals surface area contributed by atoms with Gasteiger partial charge in [-0.1, -0.05) is 6.07 Å². The Morgan fingerprint density at radius 3 is 2.62 bits per heavy atom. The van der Waals surface area contributed by atoms with E-state index in [1.807, 2.05) is 0 Å². The summed E-state index contributed by atoms with van der Waals surface area (Å²) >= 11 is 0. The lowest BCUT2D eigenvalue weighted by Gasteiger charge is -2.10. The number of nitrogens with two attached hydrogens (primary N) is 1. The van der Waals surface area contributed by atoms with Crippen LogP contribution in [-0.2, 0) is 0 Å². The van der Waals surface area contributed by atoms with Gasteiger partial charge in [0.2, 0.25) is 0 Å². The zero-order valence-corrected chi connectivity index (χ0v) is 11.4. The minimum Gasteiger partial charge on any atom is -0.319 e. The number of aryl methyl sites for hydroxylation is 2. The van der Waals surface area contributed by atoms with E-state index in [0.29, 0.717) is 17.1 Å². The molecule has 1 heterocycles. The average Bonchev–Trinajstić information content (AvgIpc) is 2.77. The minimum absolute atomic E-state index is 0.0428. The number of nitrogens with zero attached hydrogens (tertiary/aromatic N) is 2. The number of nitrogens with one attached hydrogen (secondary N) is 3. The number of carbonyl (C=O) groups excluding carboxylic acids is 1. The maximum Gasteiger partial charge on any atom is 0.294 e. The van der Waals surface area contributed by atoms with Crippen molar-refractivity contribution in [2.75, 3.05) is 10.7 Å². The normalized spacial score (nSPS) is 10.2. The van der Waals surface area contributed by atoms with Crippen molar-refractivity contribution in [1.82, 2.24) is 10.2 Å². The van der Waals surface area contributed by atoms with Crippen LogP contribution in [0.3, 0.4) is 0 Å². The Morgan fingerprint density at radius 2 is 2.10 bits per heavy atom. The number of aromatic nitrogens is 2. The molecule has 0 saturated carbocycles. The first-order valence-corrected chi connectivity index (χ1v) is 6.02. The molecule has 9 nitrogen and oxygen atoms in total. The zero-order chi connectivity index (χ0) is 15.6. The summed E-state index contributed by atoms with van der Waals surface area (Å²) in [5.74, 6) is 4.79. The molecule has 0 atom stereocenters. The van der Waals surface area contributed by atoms with Crippen LogP contribution in [0.1, 0.15) is 21.7 Å². The van der Waals surface area contributed by atoms with Crippen LogP contribution in [0.4, 0.5) is 17.1 Å². The number of nitrogen functional groups attached to an aromatic ring is 1. The van der Waals surface area contributed by atoms with Crippen molar-refractivity contribution in [2.24, 2.45) is 5.84 Å².